The lowest BCUT2D eigenvalue weighted by atomic mass is 10.2. The largest absolute Gasteiger partial charge is 0.397 e. The molecule has 0 radical (unpaired) electrons. The van der Waals surface area contributed by atoms with Gasteiger partial charge in [-0.1, -0.05) is 0 Å². The maximum atomic E-state index is 13.0. The zero-order valence-electron chi connectivity index (χ0n) is 8.83. The Labute approximate surface area is 97.1 Å². The predicted octanol–water partition coefficient (Wildman–Crippen LogP) is 2.78. The third-order valence-electron chi connectivity index (χ3n) is 2.11. The molecule has 84 valence electrons. The molecule has 3 N–H and O–H groups in total. The molecule has 5 heteroatoms. The summed E-state index contributed by atoms with van der Waals surface area (Å²) < 4.78 is 13.0. The van der Waals surface area contributed by atoms with E-state index in [4.69, 9.17) is 5.73 Å². The number of nitrogen functional groups attached to an aromatic ring is 1. The van der Waals surface area contributed by atoms with Crippen molar-refractivity contribution >= 4 is 22.7 Å². The van der Waals surface area contributed by atoms with Crippen LogP contribution in [0.3, 0.4) is 0 Å². The van der Waals surface area contributed by atoms with Crippen LogP contribution in [0.2, 0.25) is 0 Å². The van der Waals surface area contributed by atoms with E-state index in [1.807, 2.05) is 13.1 Å². The molecule has 0 amide bonds. The molecule has 0 spiro atoms. The van der Waals surface area contributed by atoms with Gasteiger partial charge in [-0.3, -0.25) is 0 Å². The summed E-state index contributed by atoms with van der Waals surface area (Å²) in [4.78, 5) is 5.36. The second-order valence-electron chi connectivity index (χ2n) is 3.45. The van der Waals surface area contributed by atoms with Crippen molar-refractivity contribution in [2.75, 3.05) is 11.1 Å². The Morgan fingerprint density at radius 2 is 2.31 bits per heavy atom. The molecule has 1 aromatic carbocycles. The quantitative estimate of drug-likeness (QED) is 0.807. The van der Waals surface area contributed by atoms with E-state index in [2.05, 4.69) is 10.3 Å². The Morgan fingerprint density at radius 1 is 1.50 bits per heavy atom. The van der Waals surface area contributed by atoms with Gasteiger partial charge in [-0.05, 0) is 25.1 Å². The molecular formula is C11H12FN3S. The number of thiazole rings is 1. The first-order valence-corrected chi connectivity index (χ1v) is 5.67. The second-order valence-corrected chi connectivity index (χ2v) is 4.77. The monoisotopic (exact) mass is 237 g/mol. The van der Waals surface area contributed by atoms with Crippen molar-refractivity contribution in [3.63, 3.8) is 0 Å². The van der Waals surface area contributed by atoms with E-state index in [9.17, 15) is 4.39 Å². The van der Waals surface area contributed by atoms with Crippen molar-refractivity contribution in [3.8, 4) is 0 Å². The Balaban J connectivity index is 2.07. The van der Waals surface area contributed by atoms with Gasteiger partial charge in [0.2, 0.25) is 0 Å². The van der Waals surface area contributed by atoms with Gasteiger partial charge in [-0.25, -0.2) is 9.37 Å². The SMILES string of the molecule is Cc1cnc(CNc2cc(F)ccc2N)s1. The summed E-state index contributed by atoms with van der Waals surface area (Å²) in [5.41, 5.74) is 6.85. The van der Waals surface area contributed by atoms with Crippen molar-refractivity contribution in [2.24, 2.45) is 0 Å². The number of hydrogen-bond donors (Lipinski definition) is 2. The highest BCUT2D eigenvalue weighted by Gasteiger charge is 2.02. The van der Waals surface area contributed by atoms with E-state index in [0.29, 0.717) is 17.9 Å². The highest BCUT2D eigenvalue weighted by molar-refractivity contribution is 7.11. The van der Waals surface area contributed by atoms with Gasteiger partial charge in [0.05, 0.1) is 17.9 Å². The van der Waals surface area contributed by atoms with Gasteiger partial charge in [0.1, 0.15) is 10.8 Å². The fourth-order valence-electron chi connectivity index (χ4n) is 1.34. The number of hydrogen-bond acceptors (Lipinski definition) is 4. The topological polar surface area (TPSA) is 50.9 Å². The van der Waals surface area contributed by atoms with E-state index in [1.165, 1.54) is 12.1 Å². The number of aromatic nitrogens is 1. The van der Waals surface area contributed by atoms with Crippen LogP contribution in [-0.4, -0.2) is 4.98 Å². The number of rotatable bonds is 3. The second kappa shape index (κ2) is 4.49. The highest BCUT2D eigenvalue weighted by atomic mass is 32.1. The van der Waals surface area contributed by atoms with Crippen molar-refractivity contribution in [1.29, 1.82) is 0 Å². The molecule has 2 aromatic rings. The number of benzene rings is 1. The molecule has 0 saturated heterocycles. The first-order valence-electron chi connectivity index (χ1n) is 4.85. The molecule has 2 rings (SSSR count). The maximum absolute atomic E-state index is 13.0. The van der Waals surface area contributed by atoms with Gasteiger partial charge in [0, 0.05) is 11.1 Å². The zero-order valence-corrected chi connectivity index (χ0v) is 9.64. The number of aryl methyl sites for hydroxylation is 1. The Bertz CT molecular complexity index is 496. The minimum Gasteiger partial charge on any atom is -0.397 e. The molecule has 1 heterocycles. The number of nitrogens with one attached hydrogen (secondary N) is 1. The standard InChI is InChI=1S/C11H12FN3S/c1-7-5-15-11(16-7)6-14-10-4-8(12)2-3-9(10)13/h2-5,14H,6,13H2,1H3. The van der Waals surface area contributed by atoms with Crippen LogP contribution in [0, 0.1) is 12.7 Å². The lowest BCUT2D eigenvalue weighted by Gasteiger charge is -2.07. The number of nitrogens with two attached hydrogens (primary N) is 1. The van der Waals surface area contributed by atoms with Crippen molar-refractivity contribution in [2.45, 2.75) is 13.5 Å². The predicted molar refractivity (Wildman–Crippen MR) is 65.0 cm³/mol. The minimum absolute atomic E-state index is 0.299. The van der Waals surface area contributed by atoms with Gasteiger partial charge >= 0.3 is 0 Å². The number of halogens is 1. The van der Waals surface area contributed by atoms with Gasteiger partial charge in [0.25, 0.3) is 0 Å². The fourth-order valence-corrected chi connectivity index (χ4v) is 2.06. The molecular weight excluding hydrogens is 225 g/mol. The average Bonchev–Trinajstić information content (AvgIpc) is 2.66. The minimum atomic E-state index is -0.299. The van der Waals surface area contributed by atoms with Crippen LogP contribution < -0.4 is 11.1 Å². The van der Waals surface area contributed by atoms with Crippen molar-refractivity contribution in [3.05, 3.63) is 40.1 Å². The van der Waals surface area contributed by atoms with E-state index in [-0.39, 0.29) is 5.82 Å². The lowest BCUT2D eigenvalue weighted by Crippen LogP contribution is -2.02. The van der Waals surface area contributed by atoms with Gasteiger partial charge < -0.3 is 11.1 Å². The Hall–Kier alpha value is -1.62. The maximum Gasteiger partial charge on any atom is 0.125 e. The molecule has 0 aliphatic heterocycles. The van der Waals surface area contributed by atoms with Crippen molar-refractivity contribution in [1.82, 2.24) is 4.98 Å². The zero-order chi connectivity index (χ0) is 11.5. The average molecular weight is 237 g/mol. The molecule has 0 saturated carbocycles. The van der Waals surface area contributed by atoms with Crippen molar-refractivity contribution < 1.29 is 4.39 Å². The Morgan fingerprint density at radius 3 is 3.00 bits per heavy atom. The fraction of sp³-hybridized carbons (Fsp3) is 0.182. The van der Waals surface area contributed by atoms with Gasteiger partial charge in [0.15, 0.2) is 0 Å². The van der Waals surface area contributed by atoms with Crippen LogP contribution >= 0.6 is 11.3 Å². The summed E-state index contributed by atoms with van der Waals surface area (Å²) in [5, 5.41) is 4.03. The van der Waals surface area contributed by atoms with Crippen LogP contribution in [0.4, 0.5) is 15.8 Å². The summed E-state index contributed by atoms with van der Waals surface area (Å²) >= 11 is 1.61. The number of nitrogens with zero attached hydrogens (tertiary/aromatic N) is 1. The molecule has 0 unspecified atom stereocenters. The van der Waals surface area contributed by atoms with E-state index >= 15 is 0 Å². The van der Waals surface area contributed by atoms with Gasteiger partial charge in [-0.2, -0.15) is 0 Å². The van der Waals surface area contributed by atoms with Crippen LogP contribution in [0.5, 0.6) is 0 Å². The van der Waals surface area contributed by atoms with E-state index < -0.39 is 0 Å². The van der Waals surface area contributed by atoms with Crippen LogP contribution in [0.15, 0.2) is 24.4 Å². The summed E-state index contributed by atoms with van der Waals surface area (Å²) in [6, 6.07) is 4.27. The summed E-state index contributed by atoms with van der Waals surface area (Å²) in [5.74, 6) is -0.299. The molecule has 3 nitrogen and oxygen atoms in total. The molecule has 16 heavy (non-hydrogen) atoms. The lowest BCUT2D eigenvalue weighted by molar-refractivity contribution is 0.628. The summed E-state index contributed by atoms with van der Waals surface area (Å²) in [6.45, 7) is 2.56. The Kier molecular flexibility index (Phi) is 3.05. The molecule has 0 fully saturated rings. The third kappa shape index (κ3) is 2.49. The van der Waals surface area contributed by atoms with E-state index in [1.54, 1.807) is 17.4 Å². The van der Waals surface area contributed by atoms with E-state index in [0.717, 1.165) is 9.88 Å². The normalized spacial score (nSPS) is 10.4. The van der Waals surface area contributed by atoms with Crippen LogP contribution in [0.1, 0.15) is 9.88 Å². The third-order valence-corrected chi connectivity index (χ3v) is 3.03. The van der Waals surface area contributed by atoms with Gasteiger partial charge in [-0.15, -0.1) is 11.3 Å². The highest BCUT2D eigenvalue weighted by Crippen LogP contribution is 2.20. The molecule has 0 aliphatic rings. The molecule has 0 atom stereocenters. The summed E-state index contributed by atoms with van der Waals surface area (Å²) in [6.07, 6.45) is 1.82. The smallest absolute Gasteiger partial charge is 0.125 e. The first kappa shape index (κ1) is 10.9. The molecule has 0 aliphatic carbocycles. The summed E-state index contributed by atoms with van der Waals surface area (Å²) in [7, 11) is 0. The molecule has 0 bridgehead atoms. The van der Waals surface area contributed by atoms with Crippen LogP contribution in [-0.2, 0) is 6.54 Å². The van der Waals surface area contributed by atoms with Crippen LogP contribution in [0.25, 0.3) is 0 Å². The number of anilines is 2. The first-order chi connectivity index (χ1) is 7.65. The molecule has 1 aromatic heterocycles.